The van der Waals surface area contributed by atoms with Gasteiger partial charge in [-0.1, -0.05) is 0 Å². The van der Waals surface area contributed by atoms with Crippen molar-refractivity contribution < 1.29 is 27.4 Å². The summed E-state index contributed by atoms with van der Waals surface area (Å²) in [4.78, 5) is 15.0. The molecule has 4 nitrogen and oxygen atoms in total. The predicted molar refractivity (Wildman–Crippen MR) is 73.5 cm³/mol. The molecule has 0 aromatic carbocycles. The number of hydrogen-bond acceptors (Lipinski definition) is 4. The second kappa shape index (κ2) is 7.30. The van der Waals surface area contributed by atoms with Crippen LogP contribution < -0.4 is 4.74 Å². The van der Waals surface area contributed by atoms with Crippen LogP contribution in [0.1, 0.15) is 18.1 Å². The molecule has 9 heteroatoms. The number of carbonyl (C=O) groups excluding carboxylic acids is 1. The molecule has 0 saturated carbocycles. The van der Waals surface area contributed by atoms with Crippen LogP contribution in [0.5, 0.6) is 5.88 Å². The Bertz CT molecular complexity index is 497. The van der Waals surface area contributed by atoms with Gasteiger partial charge in [0.25, 0.3) is 0 Å². The van der Waals surface area contributed by atoms with Crippen molar-refractivity contribution in [1.29, 1.82) is 0 Å². The standard InChI is InChI=1S/C11H10ClF3INO3/c1-2-19-9(18)3-6-7(4-12)10(17-5-8(6)16)20-11(13,14)15/h5H,2-4H2,1H3. The number of aromatic nitrogens is 1. The molecule has 0 saturated heterocycles. The molecule has 0 fully saturated rings. The smallest absolute Gasteiger partial charge is 0.466 e. The molecule has 20 heavy (non-hydrogen) atoms. The van der Waals surface area contributed by atoms with Crippen molar-refractivity contribution in [3.63, 3.8) is 0 Å². The zero-order valence-corrected chi connectivity index (χ0v) is 13.2. The minimum Gasteiger partial charge on any atom is -0.466 e. The van der Waals surface area contributed by atoms with Crippen LogP contribution in [0.3, 0.4) is 0 Å². The van der Waals surface area contributed by atoms with Crippen molar-refractivity contribution in [3.05, 3.63) is 20.9 Å². The van der Waals surface area contributed by atoms with E-state index in [1.54, 1.807) is 6.92 Å². The third-order valence-corrected chi connectivity index (χ3v) is 3.38. The Hall–Kier alpha value is -0.770. The molecule has 0 atom stereocenters. The van der Waals surface area contributed by atoms with Gasteiger partial charge >= 0.3 is 12.3 Å². The van der Waals surface area contributed by atoms with Crippen LogP contribution in [-0.4, -0.2) is 23.9 Å². The summed E-state index contributed by atoms with van der Waals surface area (Å²) in [6.07, 6.45) is -3.88. The molecule has 1 aromatic heterocycles. The molecule has 0 radical (unpaired) electrons. The van der Waals surface area contributed by atoms with E-state index in [0.29, 0.717) is 9.13 Å². The van der Waals surface area contributed by atoms with Crippen LogP contribution in [0, 0.1) is 3.57 Å². The highest BCUT2D eigenvalue weighted by atomic mass is 127. The zero-order valence-electron chi connectivity index (χ0n) is 10.3. The molecule has 1 heterocycles. The lowest BCUT2D eigenvalue weighted by molar-refractivity contribution is -0.276. The maximum absolute atomic E-state index is 12.3. The molecule has 1 rings (SSSR count). The van der Waals surface area contributed by atoms with Gasteiger partial charge in [-0.05, 0) is 35.1 Å². The van der Waals surface area contributed by atoms with Gasteiger partial charge in [0.1, 0.15) is 0 Å². The SMILES string of the molecule is CCOC(=O)Cc1c(I)cnc(OC(F)(F)F)c1CCl. The molecule has 0 aliphatic carbocycles. The Balaban J connectivity index is 3.14. The molecule has 0 bridgehead atoms. The number of carbonyl (C=O) groups is 1. The van der Waals surface area contributed by atoms with E-state index in [4.69, 9.17) is 16.3 Å². The van der Waals surface area contributed by atoms with Gasteiger partial charge in [0.2, 0.25) is 5.88 Å². The fraction of sp³-hybridized carbons (Fsp3) is 0.455. The van der Waals surface area contributed by atoms with E-state index in [1.165, 1.54) is 6.20 Å². The third-order valence-electron chi connectivity index (χ3n) is 2.18. The van der Waals surface area contributed by atoms with Gasteiger partial charge in [0.05, 0.1) is 18.9 Å². The molecule has 0 unspecified atom stereocenters. The lowest BCUT2D eigenvalue weighted by Crippen LogP contribution is -2.20. The molecule has 0 aliphatic heterocycles. The highest BCUT2D eigenvalue weighted by molar-refractivity contribution is 14.1. The van der Waals surface area contributed by atoms with Crippen molar-refractivity contribution in [2.45, 2.75) is 25.6 Å². The zero-order chi connectivity index (χ0) is 15.3. The van der Waals surface area contributed by atoms with Crippen LogP contribution in [0.25, 0.3) is 0 Å². The number of ether oxygens (including phenoxy) is 2. The fourth-order valence-electron chi connectivity index (χ4n) is 1.43. The third kappa shape index (κ3) is 4.97. The molecule has 0 spiro atoms. The second-order valence-electron chi connectivity index (χ2n) is 3.53. The Kier molecular flexibility index (Phi) is 6.31. The molecular weight excluding hydrogens is 413 g/mol. The molecule has 0 N–H and O–H groups in total. The minimum absolute atomic E-state index is 0.0314. The predicted octanol–water partition coefficient (Wildman–Crippen LogP) is 3.43. The first-order valence-corrected chi connectivity index (χ1v) is 7.03. The van der Waals surface area contributed by atoms with E-state index >= 15 is 0 Å². The van der Waals surface area contributed by atoms with Gasteiger partial charge in [-0.15, -0.1) is 24.8 Å². The topological polar surface area (TPSA) is 48.4 Å². The quantitative estimate of drug-likeness (QED) is 0.414. The number of pyridine rings is 1. The maximum Gasteiger partial charge on any atom is 0.574 e. The first-order valence-electron chi connectivity index (χ1n) is 5.42. The highest BCUT2D eigenvalue weighted by Crippen LogP contribution is 2.30. The van der Waals surface area contributed by atoms with Crippen molar-refractivity contribution in [2.75, 3.05) is 6.61 Å². The van der Waals surface area contributed by atoms with Gasteiger partial charge in [0.15, 0.2) is 0 Å². The first kappa shape index (κ1) is 17.3. The number of alkyl halides is 4. The molecule has 112 valence electrons. The fourth-order valence-corrected chi connectivity index (χ4v) is 2.36. The lowest BCUT2D eigenvalue weighted by atomic mass is 10.1. The van der Waals surface area contributed by atoms with Gasteiger partial charge < -0.3 is 9.47 Å². The Labute approximate surface area is 131 Å². The average Bonchev–Trinajstić information content (AvgIpc) is 2.32. The Morgan fingerprint density at radius 2 is 2.10 bits per heavy atom. The largest absolute Gasteiger partial charge is 0.574 e. The lowest BCUT2D eigenvalue weighted by Gasteiger charge is -2.15. The summed E-state index contributed by atoms with van der Waals surface area (Å²) in [6.45, 7) is 1.82. The summed E-state index contributed by atoms with van der Waals surface area (Å²) < 4.78 is 45.9. The van der Waals surface area contributed by atoms with Gasteiger partial charge in [-0.25, -0.2) is 4.98 Å². The summed E-state index contributed by atoms with van der Waals surface area (Å²) in [5, 5.41) is 0. The van der Waals surface area contributed by atoms with Crippen LogP contribution in [0.15, 0.2) is 6.20 Å². The van der Waals surface area contributed by atoms with E-state index in [9.17, 15) is 18.0 Å². The normalized spacial score (nSPS) is 11.3. The monoisotopic (exact) mass is 423 g/mol. The van der Waals surface area contributed by atoms with Crippen LogP contribution in [0.4, 0.5) is 13.2 Å². The number of esters is 1. The molecular formula is C11H10ClF3INO3. The van der Waals surface area contributed by atoms with Crippen molar-refractivity contribution in [3.8, 4) is 5.88 Å². The summed E-state index contributed by atoms with van der Waals surface area (Å²) in [7, 11) is 0. The van der Waals surface area contributed by atoms with Crippen molar-refractivity contribution in [2.24, 2.45) is 0 Å². The second-order valence-corrected chi connectivity index (χ2v) is 4.96. The Morgan fingerprint density at radius 1 is 1.45 bits per heavy atom. The number of nitrogens with zero attached hydrogens (tertiary/aromatic N) is 1. The van der Waals surface area contributed by atoms with Crippen LogP contribution >= 0.6 is 34.2 Å². The summed E-state index contributed by atoms with van der Waals surface area (Å²) in [6, 6.07) is 0. The van der Waals surface area contributed by atoms with Gasteiger partial charge in [-0.3, -0.25) is 4.79 Å². The van der Waals surface area contributed by atoms with E-state index in [0.717, 1.165) is 0 Å². The number of halogens is 5. The van der Waals surface area contributed by atoms with E-state index in [-0.39, 0.29) is 24.5 Å². The molecule has 0 aliphatic rings. The van der Waals surface area contributed by atoms with Gasteiger partial charge in [0, 0.05) is 15.3 Å². The molecule has 1 aromatic rings. The average molecular weight is 424 g/mol. The summed E-state index contributed by atoms with van der Waals surface area (Å²) in [5.74, 6) is -1.46. The van der Waals surface area contributed by atoms with Crippen molar-refractivity contribution in [1.82, 2.24) is 4.98 Å². The number of hydrogen-bond donors (Lipinski definition) is 0. The summed E-state index contributed by atoms with van der Waals surface area (Å²) in [5.41, 5.74) is 0.359. The van der Waals surface area contributed by atoms with Crippen LogP contribution in [0.2, 0.25) is 0 Å². The highest BCUT2D eigenvalue weighted by Gasteiger charge is 2.33. The first-order chi connectivity index (χ1) is 9.28. The van der Waals surface area contributed by atoms with Crippen molar-refractivity contribution >= 4 is 40.2 Å². The maximum atomic E-state index is 12.3. The Morgan fingerprint density at radius 3 is 2.60 bits per heavy atom. The van der Waals surface area contributed by atoms with E-state index in [1.807, 2.05) is 22.6 Å². The summed E-state index contributed by atoms with van der Waals surface area (Å²) >= 11 is 7.52. The van der Waals surface area contributed by atoms with Crippen LogP contribution in [-0.2, 0) is 21.8 Å². The van der Waals surface area contributed by atoms with Gasteiger partial charge in [-0.2, -0.15) is 0 Å². The number of rotatable bonds is 5. The minimum atomic E-state index is -4.87. The van der Waals surface area contributed by atoms with E-state index < -0.39 is 18.2 Å². The molecule has 0 amide bonds. The van der Waals surface area contributed by atoms with E-state index in [2.05, 4.69) is 9.72 Å².